The summed E-state index contributed by atoms with van der Waals surface area (Å²) in [7, 11) is 2.15. The molecule has 9 heteroatoms. The van der Waals surface area contributed by atoms with Gasteiger partial charge in [0.2, 0.25) is 5.95 Å². The van der Waals surface area contributed by atoms with Gasteiger partial charge in [0.05, 0.1) is 0 Å². The van der Waals surface area contributed by atoms with Crippen LogP contribution in [0.2, 0.25) is 0 Å². The fourth-order valence-corrected chi connectivity index (χ4v) is 5.60. The summed E-state index contributed by atoms with van der Waals surface area (Å²) >= 11 is 0. The lowest BCUT2D eigenvalue weighted by atomic mass is 9.78. The first-order chi connectivity index (χ1) is 19.6. The molecule has 0 bridgehead atoms. The minimum atomic E-state index is -0.165. The van der Waals surface area contributed by atoms with E-state index in [1.807, 2.05) is 68.3 Å². The van der Waals surface area contributed by atoms with E-state index in [0.717, 1.165) is 18.8 Å². The molecule has 9 nitrogen and oxygen atoms in total. The molecule has 0 atom stereocenters. The molecular weight excluding hydrogens is 512 g/mol. The summed E-state index contributed by atoms with van der Waals surface area (Å²) in [5.41, 5.74) is 3.95. The van der Waals surface area contributed by atoms with E-state index in [-0.39, 0.29) is 17.0 Å². The number of benzene rings is 1. The van der Waals surface area contributed by atoms with E-state index in [2.05, 4.69) is 60.9 Å². The fraction of sp³-hybridized carbons (Fsp3) is 0.312. The van der Waals surface area contributed by atoms with Gasteiger partial charge in [-0.2, -0.15) is 4.98 Å². The molecule has 4 heterocycles. The van der Waals surface area contributed by atoms with Crippen LogP contribution in [0.1, 0.15) is 51.8 Å². The second kappa shape index (κ2) is 11.2. The summed E-state index contributed by atoms with van der Waals surface area (Å²) in [5.74, 6) is 1.64. The van der Waals surface area contributed by atoms with Crippen LogP contribution in [0, 0.1) is 0 Å². The van der Waals surface area contributed by atoms with Gasteiger partial charge in [-0.15, -0.1) is 0 Å². The molecule has 5 rings (SSSR count). The highest BCUT2D eigenvalue weighted by Crippen LogP contribution is 2.34. The van der Waals surface area contributed by atoms with E-state index in [9.17, 15) is 4.79 Å². The van der Waals surface area contributed by atoms with Crippen LogP contribution >= 0.6 is 0 Å². The van der Waals surface area contributed by atoms with Crippen molar-refractivity contribution in [1.82, 2.24) is 29.2 Å². The van der Waals surface area contributed by atoms with Crippen molar-refractivity contribution in [1.29, 1.82) is 0 Å². The zero-order valence-corrected chi connectivity index (χ0v) is 24.7. The molecule has 0 saturated carbocycles. The molecule has 4 aromatic rings. The highest BCUT2D eigenvalue weighted by molar-refractivity contribution is 5.77. The Morgan fingerprint density at radius 2 is 1.95 bits per heavy atom. The predicted molar refractivity (Wildman–Crippen MR) is 167 cm³/mol. The highest BCUT2D eigenvalue weighted by Gasteiger charge is 2.30. The summed E-state index contributed by atoms with van der Waals surface area (Å²) in [6.45, 7) is 16.3. The summed E-state index contributed by atoms with van der Waals surface area (Å²) < 4.78 is 3.44. The first kappa shape index (κ1) is 28.0. The number of hydrogen-bond donors (Lipinski definition) is 1. The predicted octanol–water partition coefficient (Wildman–Crippen LogP) is 6.06. The number of rotatable bonds is 8. The van der Waals surface area contributed by atoms with Crippen molar-refractivity contribution < 1.29 is 0 Å². The van der Waals surface area contributed by atoms with Crippen molar-refractivity contribution >= 4 is 28.5 Å². The maximum Gasteiger partial charge on any atom is 0.278 e. The second-order valence-electron chi connectivity index (χ2n) is 11.4. The molecule has 41 heavy (non-hydrogen) atoms. The van der Waals surface area contributed by atoms with E-state index in [4.69, 9.17) is 9.97 Å². The van der Waals surface area contributed by atoms with E-state index in [1.54, 1.807) is 21.8 Å². The minimum absolute atomic E-state index is 0.0807. The van der Waals surface area contributed by atoms with Crippen molar-refractivity contribution in [2.75, 3.05) is 23.8 Å². The van der Waals surface area contributed by atoms with Gasteiger partial charge >= 0.3 is 0 Å². The zero-order chi connectivity index (χ0) is 29.3. The highest BCUT2D eigenvalue weighted by atomic mass is 16.1. The number of anilines is 3. The first-order valence-corrected chi connectivity index (χ1v) is 13.9. The monoisotopic (exact) mass is 550 g/mol. The quantitative estimate of drug-likeness (QED) is 0.267. The molecule has 0 radical (unpaired) electrons. The number of aromatic nitrogens is 5. The number of nitrogens with one attached hydrogen (secondary N) is 1. The van der Waals surface area contributed by atoms with Crippen LogP contribution in [0.3, 0.4) is 0 Å². The van der Waals surface area contributed by atoms with Crippen LogP contribution in [0.15, 0.2) is 84.6 Å². The van der Waals surface area contributed by atoms with Gasteiger partial charge in [0.1, 0.15) is 11.2 Å². The van der Waals surface area contributed by atoms with Gasteiger partial charge < -0.3 is 15.1 Å². The van der Waals surface area contributed by atoms with Gasteiger partial charge in [-0.3, -0.25) is 4.79 Å². The number of likely N-dealkylation sites (N-methyl/N-ethyl adjacent to an activating group) is 1. The first-order valence-electron chi connectivity index (χ1n) is 13.9. The van der Waals surface area contributed by atoms with E-state index < -0.39 is 0 Å². The SMILES string of the molecule is C=CN(/C=C\C=C/C)c1cccc(-n2c3nc(Nc4ccc5c(c4)CN(C)CC5(C)C)ncc3c(=O)n2C(C)C)n1. The lowest BCUT2D eigenvalue weighted by Crippen LogP contribution is -2.39. The number of fused-ring (bicyclic) bond motifs is 2. The average molecular weight is 551 g/mol. The maximum absolute atomic E-state index is 13.5. The van der Waals surface area contributed by atoms with Crippen LogP contribution in [0.4, 0.5) is 17.5 Å². The summed E-state index contributed by atoms with van der Waals surface area (Å²) in [6, 6.07) is 12.0. The summed E-state index contributed by atoms with van der Waals surface area (Å²) in [5, 5.41) is 3.80. The molecule has 0 spiro atoms. The van der Waals surface area contributed by atoms with Crippen molar-refractivity contribution in [3.8, 4) is 5.82 Å². The van der Waals surface area contributed by atoms with Crippen LogP contribution in [-0.2, 0) is 12.0 Å². The molecule has 1 aliphatic heterocycles. The molecule has 0 unspecified atom stereocenters. The van der Waals surface area contributed by atoms with Gasteiger partial charge in [0.15, 0.2) is 11.5 Å². The Hall–Kier alpha value is -4.50. The van der Waals surface area contributed by atoms with Crippen molar-refractivity contribution in [2.45, 2.75) is 52.6 Å². The summed E-state index contributed by atoms with van der Waals surface area (Å²) in [6.07, 6.45) is 11.0. The smallest absolute Gasteiger partial charge is 0.278 e. The molecule has 0 saturated heterocycles. The fourth-order valence-electron chi connectivity index (χ4n) is 5.60. The van der Waals surface area contributed by atoms with E-state index in [1.165, 1.54) is 11.1 Å². The molecule has 0 aliphatic carbocycles. The standard InChI is InChI=1S/C32H38N8O/c1-8-10-11-17-38(9-2)27-13-12-14-28(35-27)40-29-25(30(41)39(40)22(3)4)19-33-31(36-29)34-24-15-16-26-23(18-24)20-37(7)21-32(26,5)6/h8-19,22H,2,20-21H2,1,3-7H3,(H,33,34,36)/b10-8-,17-11-. The lowest BCUT2D eigenvalue weighted by Gasteiger charge is -2.38. The van der Waals surface area contributed by atoms with Gasteiger partial charge in [-0.1, -0.05) is 44.7 Å². The third-order valence-electron chi connectivity index (χ3n) is 7.26. The Balaban J connectivity index is 1.58. The molecule has 0 amide bonds. The molecule has 0 fully saturated rings. The van der Waals surface area contributed by atoms with Crippen molar-refractivity contribution in [3.05, 3.63) is 101 Å². The van der Waals surface area contributed by atoms with Crippen molar-refractivity contribution in [3.63, 3.8) is 0 Å². The zero-order valence-electron chi connectivity index (χ0n) is 24.7. The van der Waals surface area contributed by atoms with Crippen molar-refractivity contribution in [2.24, 2.45) is 0 Å². The molecular formula is C32H38N8O. The summed E-state index contributed by atoms with van der Waals surface area (Å²) in [4.78, 5) is 31.9. The number of allylic oxidation sites excluding steroid dienone is 3. The van der Waals surface area contributed by atoms with Gasteiger partial charge in [-0.25, -0.2) is 19.3 Å². The molecule has 1 N–H and O–H groups in total. The third-order valence-corrected chi connectivity index (χ3v) is 7.26. The lowest BCUT2D eigenvalue weighted by molar-refractivity contribution is 0.236. The Morgan fingerprint density at radius 3 is 2.68 bits per heavy atom. The largest absolute Gasteiger partial charge is 0.324 e. The average Bonchev–Trinajstić information content (AvgIpc) is 3.22. The van der Waals surface area contributed by atoms with E-state index >= 15 is 0 Å². The minimum Gasteiger partial charge on any atom is -0.324 e. The Kier molecular flexibility index (Phi) is 7.64. The van der Waals surface area contributed by atoms with Gasteiger partial charge in [0.25, 0.3) is 5.56 Å². The van der Waals surface area contributed by atoms with Crippen LogP contribution in [0.25, 0.3) is 16.9 Å². The molecule has 3 aromatic heterocycles. The third kappa shape index (κ3) is 5.45. The van der Waals surface area contributed by atoms with Crippen LogP contribution < -0.4 is 15.8 Å². The number of hydrogen-bond acceptors (Lipinski definition) is 7. The molecule has 212 valence electrons. The van der Waals surface area contributed by atoms with E-state index in [0.29, 0.717) is 28.6 Å². The molecule has 1 aromatic carbocycles. The number of nitrogens with zero attached hydrogens (tertiary/aromatic N) is 7. The van der Waals surface area contributed by atoms with Crippen LogP contribution in [-0.4, -0.2) is 42.8 Å². The normalized spacial score (nSPS) is 15.2. The molecule has 1 aliphatic rings. The Labute approximate surface area is 241 Å². The van der Waals surface area contributed by atoms with Gasteiger partial charge in [0, 0.05) is 48.8 Å². The topological polar surface area (TPSA) is 84.1 Å². The Morgan fingerprint density at radius 1 is 1.15 bits per heavy atom. The second-order valence-corrected chi connectivity index (χ2v) is 11.4. The van der Waals surface area contributed by atoms with Gasteiger partial charge in [-0.05, 0) is 69.3 Å². The maximum atomic E-state index is 13.5. The van der Waals surface area contributed by atoms with Crippen LogP contribution in [0.5, 0.6) is 0 Å². The number of pyridine rings is 1. The Bertz CT molecular complexity index is 1710.